The highest BCUT2D eigenvalue weighted by Gasteiger charge is 2.36. The summed E-state index contributed by atoms with van der Waals surface area (Å²) in [5, 5.41) is 5.35. The maximum Gasteiger partial charge on any atom is 0.225 e. The van der Waals surface area contributed by atoms with Gasteiger partial charge in [0.05, 0.1) is 5.69 Å². The lowest BCUT2D eigenvalue weighted by Crippen LogP contribution is -2.43. The van der Waals surface area contributed by atoms with E-state index in [1.165, 1.54) is 18.4 Å². The molecule has 25 heavy (non-hydrogen) atoms. The van der Waals surface area contributed by atoms with E-state index in [9.17, 15) is 0 Å². The average molecular weight is 361 g/mol. The van der Waals surface area contributed by atoms with Crippen LogP contribution in [0, 0.1) is 5.92 Å². The monoisotopic (exact) mass is 360 g/mol. The molecule has 6 nitrogen and oxygen atoms in total. The first-order chi connectivity index (χ1) is 12.2. The largest absolute Gasteiger partial charge is 0.339 e. The zero-order chi connectivity index (χ0) is 17.4. The molecule has 3 fully saturated rings. The molecule has 7 heteroatoms. The van der Waals surface area contributed by atoms with Gasteiger partial charge in [-0.15, -0.1) is 0 Å². The van der Waals surface area contributed by atoms with Crippen LogP contribution in [0.4, 0.5) is 5.95 Å². The fourth-order valence-electron chi connectivity index (χ4n) is 4.23. The topological polar surface area (TPSA) is 50.1 Å². The molecule has 5 rings (SSSR count). The van der Waals surface area contributed by atoms with Gasteiger partial charge in [-0.2, -0.15) is 5.10 Å². The van der Waals surface area contributed by atoms with Crippen molar-refractivity contribution in [2.75, 3.05) is 24.5 Å². The lowest BCUT2D eigenvalue weighted by molar-refractivity contribution is 0.126. The summed E-state index contributed by atoms with van der Waals surface area (Å²) in [6.45, 7) is 6.17. The highest BCUT2D eigenvalue weighted by molar-refractivity contribution is 6.30. The van der Waals surface area contributed by atoms with Crippen LogP contribution in [0.5, 0.6) is 0 Å². The number of hydrogen-bond donors (Lipinski definition) is 0. The predicted molar refractivity (Wildman–Crippen MR) is 98.8 cm³/mol. The molecule has 0 N–H and O–H groups in total. The number of aromatic nitrogens is 4. The molecule has 3 aliphatic rings. The fraction of sp³-hybridized carbons (Fsp3) is 0.611. The van der Waals surface area contributed by atoms with Gasteiger partial charge in [0.25, 0.3) is 0 Å². The van der Waals surface area contributed by atoms with Gasteiger partial charge >= 0.3 is 0 Å². The van der Waals surface area contributed by atoms with Crippen molar-refractivity contribution >= 4 is 17.5 Å². The van der Waals surface area contributed by atoms with E-state index in [0.717, 1.165) is 49.4 Å². The Bertz CT molecular complexity index is 731. The maximum absolute atomic E-state index is 6.52. The number of anilines is 1. The zero-order valence-corrected chi connectivity index (χ0v) is 15.7. The van der Waals surface area contributed by atoms with Crippen LogP contribution in [-0.4, -0.2) is 50.3 Å². The normalized spacial score (nSPS) is 23.9. The third-order valence-electron chi connectivity index (χ3n) is 5.51. The van der Waals surface area contributed by atoms with Gasteiger partial charge in [-0.1, -0.05) is 18.5 Å². The van der Waals surface area contributed by atoms with Crippen LogP contribution >= 0.6 is 11.6 Å². The third kappa shape index (κ3) is 3.25. The first-order valence-electron chi connectivity index (χ1n) is 9.12. The van der Waals surface area contributed by atoms with Crippen molar-refractivity contribution in [1.82, 2.24) is 24.6 Å². The molecule has 0 aromatic carbocycles. The Hall–Kier alpha value is -1.66. The first-order valence-corrected chi connectivity index (χ1v) is 9.49. The smallest absolute Gasteiger partial charge is 0.225 e. The summed E-state index contributed by atoms with van der Waals surface area (Å²) in [5.41, 5.74) is 2.32. The van der Waals surface area contributed by atoms with Gasteiger partial charge in [0, 0.05) is 57.2 Å². The van der Waals surface area contributed by atoms with Gasteiger partial charge in [-0.05, 0) is 31.2 Å². The predicted octanol–water partition coefficient (Wildman–Crippen LogP) is 2.53. The SMILES string of the molecule is CCc1nn(C)c(Cl)c1CN1C[C@H]2CC[C@@H]1CN(c1ncccn1)C2. The molecule has 2 aromatic rings. The second-order valence-corrected chi connectivity index (χ2v) is 7.53. The van der Waals surface area contributed by atoms with Crippen molar-refractivity contribution in [3.8, 4) is 0 Å². The molecule has 0 spiro atoms. The Kier molecular flexibility index (Phi) is 4.65. The molecular formula is C18H25ClN6. The summed E-state index contributed by atoms with van der Waals surface area (Å²) in [5.74, 6) is 1.51. The molecule has 0 amide bonds. The van der Waals surface area contributed by atoms with Crippen molar-refractivity contribution in [3.05, 3.63) is 34.9 Å². The van der Waals surface area contributed by atoms with E-state index >= 15 is 0 Å². The summed E-state index contributed by atoms with van der Waals surface area (Å²) in [4.78, 5) is 13.9. The molecule has 0 saturated carbocycles. The lowest BCUT2D eigenvalue weighted by Gasteiger charge is -2.36. The number of aryl methyl sites for hydroxylation is 2. The second-order valence-electron chi connectivity index (χ2n) is 7.17. The number of fused-ring (bicyclic) bond motifs is 4. The van der Waals surface area contributed by atoms with Gasteiger partial charge in [-0.25, -0.2) is 9.97 Å². The van der Waals surface area contributed by atoms with E-state index in [0.29, 0.717) is 12.0 Å². The van der Waals surface area contributed by atoms with Crippen LogP contribution in [0.1, 0.15) is 31.0 Å². The summed E-state index contributed by atoms with van der Waals surface area (Å²) in [6.07, 6.45) is 7.09. The third-order valence-corrected chi connectivity index (χ3v) is 5.98. The second kappa shape index (κ2) is 6.92. The Morgan fingerprint density at radius 1 is 1.16 bits per heavy atom. The van der Waals surface area contributed by atoms with E-state index in [4.69, 9.17) is 11.6 Å². The van der Waals surface area contributed by atoms with Gasteiger partial charge in [0.2, 0.25) is 5.95 Å². The quantitative estimate of drug-likeness (QED) is 0.838. The van der Waals surface area contributed by atoms with E-state index in [1.807, 2.05) is 25.5 Å². The van der Waals surface area contributed by atoms with Gasteiger partial charge in [0.15, 0.2) is 0 Å². The average Bonchev–Trinajstić information content (AvgIpc) is 2.82. The molecule has 0 aliphatic carbocycles. The Labute approximate surface area is 153 Å². The number of piperidine rings is 1. The minimum absolute atomic E-state index is 0.517. The van der Waals surface area contributed by atoms with E-state index in [2.05, 4.69) is 31.8 Å². The van der Waals surface area contributed by atoms with Crippen LogP contribution in [0.25, 0.3) is 0 Å². The van der Waals surface area contributed by atoms with Crippen LogP contribution in [0.15, 0.2) is 18.5 Å². The maximum atomic E-state index is 6.52. The van der Waals surface area contributed by atoms with Crippen LogP contribution < -0.4 is 4.90 Å². The summed E-state index contributed by atoms with van der Waals surface area (Å²) in [7, 11) is 1.92. The van der Waals surface area contributed by atoms with E-state index < -0.39 is 0 Å². The lowest BCUT2D eigenvalue weighted by atomic mass is 9.94. The Morgan fingerprint density at radius 2 is 1.96 bits per heavy atom. The van der Waals surface area contributed by atoms with E-state index in [1.54, 1.807) is 4.68 Å². The molecule has 3 saturated heterocycles. The van der Waals surface area contributed by atoms with Crippen molar-refractivity contribution in [3.63, 3.8) is 0 Å². The molecule has 134 valence electrons. The van der Waals surface area contributed by atoms with Crippen molar-refractivity contribution in [2.24, 2.45) is 13.0 Å². The molecule has 2 bridgehead atoms. The number of halogens is 1. The van der Waals surface area contributed by atoms with Crippen molar-refractivity contribution in [2.45, 2.75) is 38.8 Å². The standard InChI is InChI=1S/C18H25ClN6/c1-3-16-15(17(19)23(2)22-16)12-24-9-13-5-6-14(24)11-25(10-13)18-20-7-4-8-21-18/h4,7-8,13-14H,3,5-6,9-12H2,1-2H3/t13-,14-/m1/s1. The molecule has 0 radical (unpaired) electrons. The Balaban J connectivity index is 1.55. The first kappa shape index (κ1) is 16.8. The van der Waals surface area contributed by atoms with Crippen LogP contribution in [0.3, 0.4) is 0 Å². The summed E-state index contributed by atoms with van der Waals surface area (Å²) in [6, 6.07) is 2.39. The van der Waals surface area contributed by atoms with Crippen molar-refractivity contribution < 1.29 is 0 Å². The highest BCUT2D eigenvalue weighted by atomic mass is 35.5. The summed E-state index contributed by atoms with van der Waals surface area (Å²) < 4.78 is 1.80. The fourth-order valence-corrected chi connectivity index (χ4v) is 4.44. The number of hydrogen-bond acceptors (Lipinski definition) is 5. The number of nitrogens with zero attached hydrogens (tertiary/aromatic N) is 6. The molecule has 2 atom stereocenters. The minimum atomic E-state index is 0.517. The van der Waals surface area contributed by atoms with Gasteiger partial charge in [0.1, 0.15) is 5.15 Å². The number of rotatable bonds is 4. The molecule has 5 heterocycles. The van der Waals surface area contributed by atoms with E-state index in [-0.39, 0.29) is 0 Å². The molecular weight excluding hydrogens is 336 g/mol. The minimum Gasteiger partial charge on any atom is -0.339 e. The molecule has 2 aromatic heterocycles. The van der Waals surface area contributed by atoms with Crippen LogP contribution in [0.2, 0.25) is 5.15 Å². The van der Waals surface area contributed by atoms with Crippen molar-refractivity contribution in [1.29, 1.82) is 0 Å². The highest BCUT2D eigenvalue weighted by Crippen LogP contribution is 2.32. The summed E-state index contributed by atoms with van der Waals surface area (Å²) >= 11 is 6.52. The van der Waals surface area contributed by atoms with Gasteiger partial charge < -0.3 is 4.90 Å². The molecule has 0 unspecified atom stereocenters. The molecule has 3 aliphatic heterocycles. The Morgan fingerprint density at radius 3 is 2.72 bits per heavy atom. The van der Waals surface area contributed by atoms with Gasteiger partial charge in [-0.3, -0.25) is 9.58 Å². The van der Waals surface area contributed by atoms with Crippen LogP contribution in [-0.2, 0) is 20.0 Å². The zero-order valence-electron chi connectivity index (χ0n) is 14.9.